The molecule has 2 aromatic carbocycles. The van der Waals surface area contributed by atoms with Crippen molar-refractivity contribution in [3.05, 3.63) is 67.7 Å². The van der Waals surface area contributed by atoms with Crippen LogP contribution < -0.4 is 10.1 Å². The molecule has 1 N–H and O–H groups in total. The van der Waals surface area contributed by atoms with Gasteiger partial charge in [0, 0.05) is 21.7 Å². The highest BCUT2D eigenvalue weighted by atomic mass is 35.5. The van der Waals surface area contributed by atoms with Crippen LogP contribution in [0.4, 0.5) is 5.69 Å². The number of carbonyl (C=O) groups is 1. The molecule has 6 nitrogen and oxygen atoms in total. The Balaban J connectivity index is 2.23. The molecule has 0 unspecified atom stereocenters. The van der Waals surface area contributed by atoms with E-state index in [0.717, 1.165) is 0 Å². The van der Waals surface area contributed by atoms with Gasteiger partial charge in [-0.25, -0.2) is 0 Å². The van der Waals surface area contributed by atoms with Crippen LogP contribution in [0.2, 0.25) is 10.0 Å². The summed E-state index contributed by atoms with van der Waals surface area (Å²) in [6, 6.07) is 8.58. The zero-order chi connectivity index (χ0) is 17.9. The van der Waals surface area contributed by atoms with Crippen molar-refractivity contribution in [1.29, 1.82) is 0 Å². The lowest BCUT2D eigenvalue weighted by Crippen LogP contribution is -2.26. The zero-order valence-electron chi connectivity index (χ0n) is 12.9. The average Bonchev–Trinajstić information content (AvgIpc) is 2.53. The molecule has 0 saturated heterocycles. The fourth-order valence-corrected chi connectivity index (χ4v) is 2.76. The van der Waals surface area contributed by atoms with E-state index < -0.39 is 16.9 Å². The maximum Gasteiger partial charge on any atom is 0.311 e. The van der Waals surface area contributed by atoms with E-state index in [1.54, 1.807) is 25.1 Å². The molecular weight excluding hydrogens is 355 g/mol. The number of nitrogens with zero attached hydrogens (tertiary/aromatic N) is 1. The minimum atomic E-state index is -0.602. The molecular formula is C16H14Cl2N2O4. The maximum absolute atomic E-state index is 12.3. The van der Waals surface area contributed by atoms with E-state index in [-0.39, 0.29) is 17.0 Å². The summed E-state index contributed by atoms with van der Waals surface area (Å²) in [5.74, 6) is -0.371. The van der Waals surface area contributed by atoms with Crippen molar-refractivity contribution in [3.63, 3.8) is 0 Å². The quantitative estimate of drug-likeness (QED) is 0.626. The van der Waals surface area contributed by atoms with Gasteiger partial charge in [-0.1, -0.05) is 29.3 Å². The second kappa shape index (κ2) is 7.51. The van der Waals surface area contributed by atoms with Gasteiger partial charge in [-0.05, 0) is 36.8 Å². The lowest BCUT2D eigenvalue weighted by Gasteiger charge is -2.16. The van der Waals surface area contributed by atoms with E-state index >= 15 is 0 Å². The number of nitro benzene ring substituents is 1. The molecule has 0 heterocycles. The van der Waals surface area contributed by atoms with Crippen molar-refractivity contribution in [2.45, 2.75) is 13.0 Å². The molecule has 8 heteroatoms. The molecule has 0 aliphatic rings. The molecule has 126 valence electrons. The summed E-state index contributed by atoms with van der Waals surface area (Å²) in [5.41, 5.74) is 0.569. The molecule has 0 aliphatic heterocycles. The second-order valence-electron chi connectivity index (χ2n) is 5.00. The van der Waals surface area contributed by atoms with Gasteiger partial charge < -0.3 is 10.1 Å². The van der Waals surface area contributed by atoms with Crippen molar-refractivity contribution < 1.29 is 14.5 Å². The third-order valence-corrected chi connectivity index (χ3v) is 3.98. The van der Waals surface area contributed by atoms with Gasteiger partial charge >= 0.3 is 5.69 Å². The fourth-order valence-electron chi connectivity index (χ4n) is 2.18. The number of benzene rings is 2. The van der Waals surface area contributed by atoms with Crippen molar-refractivity contribution in [3.8, 4) is 5.75 Å². The highest BCUT2D eigenvalue weighted by Crippen LogP contribution is 2.29. The first kappa shape index (κ1) is 18.0. The Labute approximate surface area is 148 Å². The number of halogens is 2. The van der Waals surface area contributed by atoms with Crippen LogP contribution in [0.1, 0.15) is 28.9 Å². The van der Waals surface area contributed by atoms with Crippen LogP contribution in [0.5, 0.6) is 5.75 Å². The third-order valence-electron chi connectivity index (χ3n) is 3.41. The molecule has 0 aliphatic carbocycles. The highest BCUT2D eigenvalue weighted by molar-refractivity contribution is 6.35. The second-order valence-corrected chi connectivity index (χ2v) is 5.85. The van der Waals surface area contributed by atoms with Gasteiger partial charge in [0.2, 0.25) is 0 Å². The van der Waals surface area contributed by atoms with Gasteiger partial charge in [0.25, 0.3) is 5.91 Å². The predicted octanol–water partition coefficient (Wildman–Crippen LogP) is 4.40. The number of hydrogen-bond donors (Lipinski definition) is 1. The first-order valence-electron chi connectivity index (χ1n) is 6.91. The summed E-state index contributed by atoms with van der Waals surface area (Å²) in [5, 5.41) is 14.7. The van der Waals surface area contributed by atoms with Crippen molar-refractivity contribution in [2.24, 2.45) is 0 Å². The van der Waals surface area contributed by atoms with Gasteiger partial charge in [-0.3, -0.25) is 14.9 Å². The number of hydrogen-bond acceptors (Lipinski definition) is 4. The molecule has 0 spiro atoms. The molecule has 24 heavy (non-hydrogen) atoms. The van der Waals surface area contributed by atoms with Crippen LogP contribution >= 0.6 is 23.2 Å². The third kappa shape index (κ3) is 3.96. The van der Waals surface area contributed by atoms with Crippen LogP contribution in [0, 0.1) is 10.1 Å². The van der Waals surface area contributed by atoms with Gasteiger partial charge in [0.15, 0.2) is 5.75 Å². The average molecular weight is 369 g/mol. The van der Waals surface area contributed by atoms with Crippen LogP contribution in [0.25, 0.3) is 0 Å². The minimum Gasteiger partial charge on any atom is -0.490 e. The van der Waals surface area contributed by atoms with Gasteiger partial charge in [-0.2, -0.15) is 0 Å². The number of ether oxygens (including phenoxy) is 1. The first-order valence-corrected chi connectivity index (χ1v) is 7.67. The summed E-state index contributed by atoms with van der Waals surface area (Å²) in [6.07, 6.45) is 0. The Kier molecular flexibility index (Phi) is 5.64. The van der Waals surface area contributed by atoms with Crippen LogP contribution in [-0.4, -0.2) is 17.9 Å². The topological polar surface area (TPSA) is 81.5 Å². The Bertz CT molecular complexity index is 796. The van der Waals surface area contributed by atoms with Crippen molar-refractivity contribution >= 4 is 34.8 Å². The zero-order valence-corrected chi connectivity index (χ0v) is 14.4. The van der Waals surface area contributed by atoms with Gasteiger partial charge in [0.05, 0.1) is 18.1 Å². The van der Waals surface area contributed by atoms with E-state index in [1.165, 1.54) is 25.3 Å². The number of rotatable bonds is 5. The molecule has 2 rings (SSSR count). The lowest BCUT2D eigenvalue weighted by atomic mass is 10.1. The number of amides is 1. The summed E-state index contributed by atoms with van der Waals surface area (Å²) < 4.78 is 4.92. The monoisotopic (exact) mass is 368 g/mol. The standard InChI is InChI=1S/C16H14Cl2N2O4/c1-9(12-5-4-11(17)8-13(12)18)19-16(21)10-3-6-15(24-2)14(7-10)20(22)23/h3-9H,1-2H3,(H,19,21)/t9-/m0/s1. The molecule has 0 aromatic heterocycles. The van der Waals surface area contributed by atoms with Crippen LogP contribution in [0.15, 0.2) is 36.4 Å². The number of carbonyl (C=O) groups excluding carboxylic acids is 1. The molecule has 0 radical (unpaired) electrons. The minimum absolute atomic E-state index is 0.0883. The molecule has 1 amide bonds. The molecule has 0 bridgehead atoms. The summed E-state index contributed by atoms with van der Waals surface area (Å²) in [7, 11) is 1.33. The van der Waals surface area contributed by atoms with E-state index in [2.05, 4.69) is 5.32 Å². The number of nitro groups is 1. The largest absolute Gasteiger partial charge is 0.490 e. The maximum atomic E-state index is 12.3. The fraction of sp³-hybridized carbons (Fsp3) is 0.188. The highest BCUT2D eigenvalue weighted by Gasteiger charge is 2.20. The van der Waals surface area contributed by atoms with Gasteiger partial charge in [0.1, 0.15) is 0 Å². The Morgan fingerprint density at radius 2 is 1.96 bits per heavy atom. The normalized spacial score (nSPS) is 11.7. The Morgan fingerprint density at radius 1 is 1.25 bits per heavy atom. The van der Waals surface area contributed by atoms with Crippen molar-refractivity contribution in [1.82, 2.24) is 5.32 Å². The van der Waals surface area contributed by atoms with Crippen LogP contribution in [-0.2, 0) is 0 Å². The Hall–Kier alpha value is -2.31. The molecule has 1 atom stereocenters. The Morgan fingerprint density at radius 3 is 2.54 bits per heavy atom. The lowest BCUT2D eigenvalue weighted by molar-refractivity contribution is -0.385. The van der Waals surface area contributed by atoms with Crippen molar-refractivity contribution in [2.75, 3.05) is 7.11 Å². The van der Waals surface area contributed by atoms with E-state index in [1.807, 2.05) is 0 Å². The summed E-state index contributed by atoms with van der Waals surface area (Å²) in [4.78, 5) is 22.8. The molecule has 0 saturated carbocycles. The van der Waals surface area contributed by atoms with E-state index in [0.29, 0.717) is 15.6 Å². The predicted molar refractivity (Wildman–Crippen MR) is 92.0 cm³/mol. The van der Waals surface area contributed by atoms with E-state index in [4.69, 9.17) is 27.9 Å². The SMILES string of the molecule is COc1ccc(C(=O)N[C@@H](C)c2ccc(Cl)cc2Cl)cc1[N+](=O)[O-]. The number of methoxy groups -OCH3 is 1. The molecule has 0 fully saturated rings. The summed E-state index contributed by atoms with van der Waals surface area (Å²) in [6.45, 7) is 1.75. The summed E-state index contributed by atoms with van der Waals surface area (Å²) >= 11 is 12.0. The van der Waals surface area contributed by atoms with Gasteiger partial charge in [-0.15, -0.1) is 0 Å². The number of nitrogens with one attached hydrogen (secondary N) is 1. The smallest absolute Gasteiger partial charge is 0.311 e. The van der Waals surface area contributed by atoms with E-state index in [9.17, 15) is 14.9 Å². The molecule has 2 aromatic rings. The van der Waals surface area contributed by atoms with Crippen LogP contribution in [0.3, 0.4) is 0 Å². The first-order chi connectivity index (χ1) is 11.3.